The molecular weight excluding hydrogens is 520 g/mol. The minimum Gasteiger partial charge on any atom is -0.492 e. The van der Waals surface area contributed by atoms with Gasteiger partial charge in [-0.25, -0.2) is 14.5 Å². The van der Waals surface area contributed by atoms with Crippen molar-refractivity contribution in [1.29, 1.82) is 5.26 Å². The van der Waals surface area contributed by atoms with Gasteiger partial charge in [-0.2, -0.15) is 10.4 Å². The summed E-state index contributed by atoms with van der Waals surface area (Å²) in [6.45, 7) is 2.43. The van der Waals surface area contributed by atoms with E-state index in [1.54, 1.807) is 42.5 Å². The van der Waals surface area contributed by atoms with Crippen LogP contribution in [0.15, 0.2) is 49.2 Å². The van der Waals surface area contributed by atoms with Crippen LogP contribution in [-0.4, -0.2) is 56.3 Å². The summed E-state index contributed by atoms with van der Waals surface area (Å²) in [7, 11) is 1.57. The zero-order valence-corrected chi connectivity index (χ0v) is 22.9. The zero-order chi connectivity index (χ0) is 28.1. The zero-order valence-electron chi connectivity index (χ0n) is 22.9. The molecule has 4 aromatic heterocycles. The monoisotopic (exact) mass is 550 g/mol. The summed E-state index contributed by atoms with van der Waals surface area (Å²) in [5, 5.41) is 17.1. The Hall–Kier alpha value is -4.72. The molecule has 0 aromatic carbocycles. The van der Waals surface area contributed by atoms with E-state index in [-0.39, 0.29) is 23.4 Å². The lowest BCUT2D eigenvalue weighted by atomic mass is 9.55. The molecule has 0 spiro atoms. The largest absolute Gasteiger partial charge is 0.492 e. The predicted molar refractivity (Wildman–Crippen MR) is 151 cm³/mol. The third kappa shape index (κ3) is 4.22. The average Bonchev–Trinajstić information content (AvgIpc) is 3.40. The highest BCUT2D eigenvalue weighted by Gasteiger charge is 2.58. The fraction of sp³-hybridized carbons (Fsp3) is 0.400. The Morgan fingerprint density at radius 2 is 1.95 bits per heavy atom. The van der Waals surface area contributed by atoms with Crippen molar-refractivity contribution in [2.45, 2.75) is 51.1 Å². The number of nitriles is 1. The SMILES string of the molecule is CCOc1cc(-c2cnc(N3[C@@H]4CC5C[C@H]3CC(C(=O)Nc3ccc(OC)nc3)(C5)C4)cn2)c2c(C#N)cnn2c1. The maximum atomic E-state index is 13.6. The van der Waals surface area contributed by atoms with Gasteiger partial charge in [-0.15, -0.1) is 0 Å². The molecule has 2 unspecified atom stereocenters. The number of piperidine rings is 2. The van der Waals surface area contributed by atoms with Crippen molar-refractivity contribution in [3.8, 4) is 29.0 Å². The normalized spacial score (nSPS) is 24.3. The molecule has 11 nitrogen and oxygen atoms in total. The molecule has 11 heteroatoms. The number of anilines is 2. The second-order valence-corrected chi connectivity index (χ2v) is 11.2. The number of nitrogens with one attached hydrogen (secondary N) is 1. The van der Waals surface area contributed by atoms with Gasteiger partial charge < -0.3 is 19.7 Å². The van der Waals surface area contributed by atoms with E-state index in [9.17, 15) is 10.1 Å². The van der Waals surface area contributed by atoms with Crippen molar-refractivity contribution in [3.63, 3.8) is 0 Å². The van der Waals surface area contributed by atoms with Gasteiger partial charge in [-0.1, -0.05) is 0 Å². The maximum absolute atomic E-state index is 13.6. The Bertz CT molecular complexity index is 1640. The molecule has 1 N–H and O–H groups in total. The van der Waals surface area contributed by atoms with E-state index in [1.807, 2.05) is 25.3 Å². The van der Waals surface area contributed by atoms with Gasteiger partial charge >= 0.3 is 0 Å². The van der Waals surface area contributed by atoms with E-state index >= 15 is 0 Å². The van der Waals surface area contributed by atoms with Gasteiger partial charge in [0.1, 0.15) is 17.6 Å². The Kier molecular flexibility index (Phi) is 5.99. The fourth-order valence-electron chi connectivity index (χ4n) is 7.33. The molecule has 1 amide bonds. The van der Waals surface area contributed by atoms with Crippen LogP contribution in [0, 0.1) is 22.7 Å². The molecule has 2 aliphatic carbocycles. The van der Waals surface area contributed by atoms with Crippen molar-refractivity contribution < 1.29 is 14.3 Å². The molecule has 6 heterocycles. The number of pyridine rings is 2. The number of fused-ring (bicyclic) bond motifs is 1. The molecule has 2 saturated carbocycles. The molecule has 8 rings (SSSR count). The van der Waals surface area contributed by atoms with E-state index < -0.39 is 0 Å². The summed E-state index contributed by atoms with van der Waals surface area (Å²) >= 11 is 0. The van der Waals surface area contributed by atoms with E-state index in [0.29, 0.717) is 46.6 Å². The van der Waals surface area contributed by atoms with Crippen LogP contribution in [0.25, 0.3) is 16.8 Å². The van der Waals surface area contributed by atoms with Crippen LogP contribution in [-0.2, 0) is 4.79 Å². The molecule has 4 aromatic rings. The molecule has 41 heavy (non-hydrogen) atoms. The molecule has 4 aliphatic rings. The molecule has 4 atom stereocenters. The second-order valence-electron chi connectivity index (χ2n) is 11.2. The highest BCUT2D eigenvalue weighted by atomic mass is 16.5. The van der Waals surface area contributed by atoms with Gasteiger partial charge in [0.25, 0.3) is 0 Å². The summed E-state index contributed by atoms with van der Waals surface area (Å²) in [6, 6.07) is 8.15. The lowest BCUT2D eigenvalue weighted by Crippen LogP contribution is -2.64. The Morgan fingerprint density at radius 3 is 2.61 bits per heavy atom. The maximum Gasteiger partial charge on any atom is 0.230 e. The fourth-order valence-corrected chi connectivity index (χ4v) is 7.33. The molecule has 4 fully saturated rings. The van der Waals surface area contributed by atoms with Crippen molar-refractivity contribution in [2.75, 3.05) is 23.9 Å². The van der Waals surface area contributed by atoms with E-state index in [2.05, 4.69) is 26.4 Å². The number of aromatic nitrogens is 5. The van der Waals surface area contributed by atoms with Crippen molar-refractivity contribution in [1.82, 2.24) is 24.6 Å². The van der Waals surface area contributed by atoms with Crippen LogP contribution < -0.4 is 19.7 Å². The van der Waals surface area contributed by atoms with E-state index in [1.165, 1.54) is 0 Å². The van der Waals surface area contributed by atoms with Crippen molar-refractivity contribution in [2.24, 2.45) is 11.3 Å². The highest BCUT2D eigenvalue weighted by Crippen LogP contribution is 2.57. The van der Waals surface area contributed by atoms with Gasteiger partial charge in [0.15, 0.2) is 0 Å². The first-order valence-electron chi connectivity index (χ1n) is 14.0. The molecule has 2 saturated heterocycles. The first-order valence-corrected chi connectivity index (χ1v) is 14.0. The Labute approximate surface area is 237 Å². The minimum atomic E-state index is -0.388. The third-order valence-electron chi connectivity index (χ3n) is 8.81. The number of hydrogen-bond donors (Lipinski definition) is 1. The molecular formula is C30H30N8O3. The number of amides is 1. The first kappa shape index (κ1) is 25.3. The number of carbonyl (C=O) groups excluding carboxylic acids is 1. The number of nitrogens with zero attached hydrogens (tertiary/aromatic N) is 7. The summed E-state index contributed by atoms with van der Waals surface area (Å²) in [4.78, 5) is 29.9. The van der Waals surface area contributed by atoms with Gasteiger partial charge in [0, 0.05) is 23.7 Å². The van der Waals surface area contributed by atoms with Gasteiger partial charge in [-0.3, -0.25) is 9.78 Å². The summed E-state index contributed by atoms with van der Waals surface area (Å²) in [5.74, 6) is 2.59. The second kappa shape index (κ2) is 9.73. The van der Waals surface area contributed by atoms with Gasteiger partial charge in [-0.05, 0) is 57.1 Å². The molecule has 0 radical (unpaired) electrons. The highest BCUT2D eigenvalue weighted by molar-refractivity contribution is 5.96. The van der Waals surface area contributed by atoms with Crippen molar-refractivity contribution >= 4 is 22.9 Å². The number of ether oxygens (including phenoxy) is 2. The standard InChI is InChI=1S/C30H30N8O3/c1-3-41-23-8-24(28-19(12-31)13-35-37(28)17-23)25-15-33-26(16-32-25)38-21-6-18-7-22(38)11-30(9-18,10-21)29(39)36-20-4-5-27(40-2)34-14-20/h4-5,8,13-18,21-22H,3,6-7,9-11H2,1-2H3,(H,36,39)/t18?,21-,22+,30?. The molecule has 208 valence electrons. The van der Waals surface area contributed by atoms with Gasteiger partial charge in [0.05, 0.1) is 72.6 Å². The van der Waals surface area contributed by atoms with Crippen LogP contribution >= 0.6 is 0 Å². The average molecular weight is 551 g/mol. The number of hydrogen-bond acceptors (Lipinski definition) is 9. The topological polar surface area (TPSA) is 131 Å². The number of carbonyl (C=O) groups is 1. The molecule has 4 bridgehead atoms. The Morgan fingerprint density at radius 1 is 1.12 bits per heavy atom. The summed E-state index contributed by atoms with van der Waals surface area (Å²) < 4.78 is 12.5. The van der Waals surface area contributed by atoms with Gasteiger partial charge in [0.2, 0.25) is 11.8 Å². The van der Waals surface area contributed by atoms with E-state index in [4.69, 9.17) is 19.4 Å². The van der Waals surface area contributed by atoms with Crippen molar-refractivity contribution in [3.05, 3.63) is 54.7 Å². The van der Waals surface area contributed by atoms with Crippen LogP contribution in [0.2, 0.25) is 0 Å². The quantitative estimate of drug-likeness (QED) is 0.359. The third-order valence-corrected chi connectivity index (χ3v) is 8.81. The minimum absolute atomic E-state index is 0.0808. The van der Waals surface area contributed by atoms with E-state index in [0.717, 1.165) is 43.5 Å². The van der Waals surface area contributed by atoms with Crippen LogP contribution in [0.1, 0.15) is 44.6 Å². The first-order chi connectivity index (χ1) is 20.0. The summed E-state index contributed by atoms with van der Waals surface area (Å²) in [5.41, 5.74) is 2.83. The van der Waals surface area contributed by atoms with Crippen LogP contribution in [0.5, 0.6) is 11.6 Å². The smallest absolute Gasteiger partial charge is 0.230 e. The summed E-state index contributed by atoms with van der Waals surface area (Å²) in [6.07, 6.45) is 13.1. The lowest BCUT2D eigenvalue weighted by Gasteiger charge is -2.61. The van der Waals surface area contributed by atoms with Crippen LogP contribution in [0.4, 0.5) is 11.5 Å². The predicted octanol–water partition coefficient (Wildman–Crippen LogP) is 4.24. The van der Waals surface area contributed by atoms with Crippen LogP contribution in [0.3, 0.4) is 0 Å². The number of methoxy groups -OCH3 is 1. The Balaban J connectivity index is 1.15. The lowest BCUT2D eigenvalue weighted by molar-refractivity contribution is -0.134. The number of rotatable bonds is 7. The molecule has 2 aliphatic heterocycles.